The molecule has 0 fully saturated rings. The minimum atomic E-state index is -3.60. The van der Waals surface area contributed by atoms with Crippen LogP contribution in [0.4, 0.5) is 5.69 Å². The quantitative estimate of drug-likeness (QED) is 0.425. The fourth-order valence-corrected chi connectivity index (χ4v) is 5.48. The molecule has 0 saturated heterocycles. The standard InChI is InChI=1S/C19H20N4O5S2/c1-4-22(5-2)30(27,28)15-9-6-13(7-10-15)18(24)20-19-21(3)16-11-8-14(23(25)26)12-17(16)29-19/h6-12H,4-5H2,1-3H3. The van der Waals surface area contributed by atoms with Crippen molar-refractivity contribution in [3.8, 4) is 0 Å². The number of carbonyl (C=O) groups is 1. The van der Waals surface area contributed by atoms with Crippen molar-refractivity contribution in [2.24, 2.45) is 12.0 Å². The lowest BCUT2D eigenvalue weighted by Crippen LogP contribution is -2.30. The molecule has 2 aromatic carbocycles. The molecule has 0 unspecified atom stereocenters. The van der Waals surface area contributed by atoms with Crippen molar-refractivity contribution in [1.82, 2.24) is 8.87 Å². The van der Waals surface area contributed by atoms with Crippen LogP contribution in [0.5, 0.6) is 0 Å². The number of nitro groups is 1. The van der Waals surface area contributed by atoms with Gasteiger partial charge in [0.1, 0.15) is 0 Å². The molecule has 0 spiro atoms. The van der Waals surface area contributed by atoms with Gasteiger partial charge in [0.2, 0.25) is 10.0 Å². The molecule has 9 nitrogen and oxygen atoms in total. The van der Waals surface area contributed by atoms with Gasteiger partial charge in [-0.2, -0.15) is 9.30 Å². The highest BCUT2D eigenvalue weighted by Crippen LogP contribution is 2.23. The summed E-state index contributed by atoms with van der Waals surface area (Å²) in [5.41, 5.74) is 0.932. The first-order valence-corrected chi connectivity index (χ1v) is 11.4. The number of thiazole rings is 1. The molecule has 1 amide bonds. The zero-order chi connectivity index (χ0) is 22.1. The maximum atomic E-state index is 12.6. The highest BCUT2D eigenvalue weighted by Gasteiger charge is 2.21. The SMILES string of the molecule is CCN(CC)S(=O)(=O)c1ccc(C(=O)N=c2sc3cc([N+](=O)[O-])ccc3n2C)cc1. The Bertz CT molecular complexity index is 1290. The molecule has 0 atom stereocenters. The van der Waals surface area contributed by atoms with E-state index < -0.39 is 20.9 Å². The number of amides is 1. The van der Waals surface area contributed by atoms with E-state index in [4.69, 9.17) is 0 Å². The minimum Gasteiger partial charge on any atom is -0.319 e. The molecule has 3 aromatic rings. The summed E-state index contributed by atoms with van der Waals surface area (Å²) < 4.78 is 28.8. The van der Waals surface area contributed by atoms with Crippen LogP contribution in [0.1, 0.15) is 24.2 Å². The summed E-state index contributed by atoms with van der Waals surface area (Å²) in [5.74, 6) is -0.529. The number of sulfonamides is 1. The molecule has 30 heavy (non-hydrogen) atoms. The number of hydrogen-bond acceptors (Lipinski definition) is 6. The van der Waals surface area contributed by atoms with Gasteiger partial charge >= 0.3 is 0 Å². The van der Waals surface area contributed by atoms with Gasteiger partial charge in [-0.3, -0.25) is 14.9 Å². The molecule has 0 radical (unpaired) electrons. The average Bonchev–Trinajstić information content (AvgIpc) is 3.03. The Kier molecular flexibility index (Phi) is 6.15. The summed E-state index contributed by atoms with van der Waals surface area (Å²) in [6.45, 7) is 4.24. The van der Waals surface area contributed by atoms with E-state index in [-0.39, 0.29) is 16.1 Å². The lowest BCUT2D eigenvalue weighted by molar-refractivity contribution is -0.384. The van der Waals surface area contributed by atoms with Crippen LogP contribution < -0.4 is 4.80 Å². The van der Waals surface area contributed by atoms with Crippen molar-refractivity contribution in [1.29, 1.82) is 0 Å². The van der Waals surface area contributed by atoms with Crippen LogP contribution in [0.25, 0.3) is 10.2 Å². The van der Waals surface area contributed by atoms with Gasteiger partial charge in [0, 0.05) is 37.8 Å². The fraction of sp³-hybridized carbons (Fsp3) is 0.263. The number of carbonyl (C=O) groups excluding carboxylic acids is 1. The van der Waals surface area contributed by atoms with E-state index in [1.165, 1.54) is 40.7 Å². The Morgan fingerprint density at radius 1 is 1.17 bits per heavy atom. The zero-order valence-corrected chi connectivity index (χ0v) is 18.2. The first-order valence-electron chi connectivity index (χ1n) is 9.12. The van der Waals surface area contributed by atoms with Crippen LogP contribution in [0.3, 0.4) is 0 Å². The molecule has 0 saturated carbocycles. The molecule has 158 valence electrons. The smallest absolute Gasteiger partial charge is 0.279 e. The van der Waals surface area contributed by atoms with E-state index in [1.54, 1.807) is 31.5 Å². The molecule has 3 rings (SSSR count). The summed E-state index contributed by atoms with van der Waals surface area (Å²) in [4.78, 5) is 27.7. The Labute approximate surface area is 177 Å². The molecule has 0 aliphatic carbocycles. The number of benzene rings is 2. The van der Waals surface area contributed by atoms with Gasteiger partial charge in [-0.1, -0.05) is 25.2 Å². The third-order valence-electron chi connectivity index (χ3n) is 4.65. The second kappa shape index (κ2) is 8.46. The van der Waals surface area contributed by atoms with E-state index in [2.05, 4.69) is 4.99 Å². The number of nitro benzene ring substituents is 1. The fourth-order valence-electron chi connectivity index (χ4n) is 2.98. The van der Waals surface area contributed by atoms with Gasteiger partial charge in [0.05, 0.1) is 20.0 Å². The Hall–Kier alpha value is -2.89. The van der Waals surface area contributed by atoms with Crippen LogP contribution in [0.15, 0.2) is 52.4 Å². The van der Waals surface area contributed by atoms with Gasteiger partial charge < -0.3 is 4.57 Å². The van der Waals surface area contributed by atoms with E-state index >= 15 is 0 Å². The highest BCUT2D eigenvalue weighted by atomic mass is 32.2. The molecule has 0 N–H and O–H groups in total. The molecular weight excluding hydrogens is 428 g/mol. The summed E-state index contributed by atoms with van der Waals surface area (Å²) in [5, 5.41) is 11.0. The van der Waals surface area contributed by atoms with Gasteiger partial charge in [0.25, 0.3) is 11.6 Å². The minimum absolute atomic E-state index is 0.0350. The number of fused-ring (bicyclic) bond motifs is 1. The van der Waals surface area contributed by atoms with Crippen molar-refractivity contribution in [2.45, 2.75) is 18.7 Å². The Morgan fingerprint density at radius 3 is 2.37 bits per heavy atom. The number of hydrogen-bond donors (Lipinski definition) is 0. The Morgan fingerprint density at radius 2 is 1.80 bits per heavy atom. The normalized spacial score (nSPS) is 12.6. The van der Waals surface area contributed by atoms with Crippen molar-refractivity contribution in [3.05, 3.63) is 62.9 Å². The van der Waals surface area contributed by atoms with Crippen LogP contribution >= 0.6 is 11.3 Å². The maximum absolute atomic E-state index is 12.6. The monoisotopic (exact) mass is 448 g/mol. The summed E-state index contributed by atoms with van der Waals surface area (Å²) in [7, 11) is -1.88. The van der Waals surface area contributed by atoms with E-state index in [0.717, 1.165) is 16.9 Å². The van der Waals surface area contributed by atoms with Crippen LogP contribution in [0, 0.1) is 10.1 Å². The topological polar surface area (TPSA) is 115 Å². The summed E-state index contributed by atoms with van der Waals surface area (Å²) in [6.07, 6.45) is 0. The van der Waals surface area contributed by atoms with Crippen LogP contribution in [-0.2, 0) is 17.1 Å². The van der Waals surface area contributed by atoms with Crippen LogP contribution in [-0.4, -0.2) is 41.2 Å². The van der Waals surface area contributed by atoms with Crippen molar-refractivity contribution < 1.29 is 18.1 Å². The van der Waals surface area contributed by atoms with E-state index in [9.17, 15) is 23.3 Å². The number of non-ortho nitro benzene ring substituents is 1. The third-order valence-corrected chi connectivity index (χ3v) is 7.80. The predicted octanol–water partition coefficient (Wildman–Crippen LogP) is 2.92. The second-order valence-corrected chi connectivity index (χ2v) is 9.33. The van der Waals surface area contributed by atoms with Crippen molar-refractivity contribution in [3.63, 3.8) is 0 Å². The predicted molar refractivity (Wildman–Crippen MR) is 114 cm³/mol. The van der Waals surface area contributed by atoms with Gasteiger partial charge in [-0.05, 0) is 30.3 Å². The average molecular weight is 449 g/mol. The van der Waals surface area contributed by atoms with Crippen molar-refractivity contribution in [2.75, 3.05) is 13.1 Å². The van der Waals surface area contributed by atoms with E-state index in [1.807, 2.05) is 0 Å². The van der Waals surface area contributed by atoms with Gasteiger partial charge in [-0.15, -0.1) is 0 Å². The van der Waals surface area contributed by atoms with Crippen molar-refractivity contribution >= 4 is 43.2 Å². The molecule has 0 aliphatic rings. The first kappa shape index (κ1) is 21.8. The molecule has 1 heterocycles. The highest BCUT2D eigenvalue weighted by molar-refractivity contribution is 7.89. The number of aryl methyl sites for hydroxylation is 1. The zero-order valence-electron chi connectivity index (χ0n) is 16.6. The number of nitrogens with zero attached hydrogens (tertiary/aromatic N) is 4. The maximum Gasteiger partial charge on any atom is 0.279 e. The lowest BCUT2D eigenvalue weighted by Gasteiger charge is -2.18. The summed E-state index contributed by atoms with van der Waals surface area (Å²) in [6, 6.07) is 10.1. The van der Waals surface area contributed by atoms with Crippen LogP contribution in [0.2, 0.25) is 0 Å². The Balaban J connectivity index is 1.95. The molecule has 1 aromatic heterocycles. The largest absolute Gasteiger partial charge is 0.319 e. The van der Waals surface area contributed by atoms with Gasteiger partial charge in [0.15, 0.2) is 4.80 Å². The number of aromatic nitrogens is 1. The first-order chi connectivity index (χ1) is 14.2. The number of rotatable bonds is 6. The third kappa shape index (κ3) is 4.04. The molecule has 0 bridgehead atoms. The lowest BCUT2D eigenvalue weighted by atomic mass is 10.2. The van der Waals surface area contributed by atoms with Gasteiger partial charge in [-0.25, -0.2) is 8.42 Å². The molecule has 0 aliphatic heterocycles. The molecular formula is C19H20N4O5S2. The summed E-state index contributed by atoms with van der Waals surface area (Å²) >= 11 is 1.16. The second-order valence-electron chi connectivity index (χ2n) is 6.38. The molecule has 11 heteroatoms. The van der Waals surface area contributed by atoms with E-state index in [0.29, 0.717) is 22.6 Å².